The number of rotatable bonds is 3. The summed E-state index contributed by atoms with van der Waals surface area (Å²) in [6.07, 6.45) is 0.581. The molecule has 0 saturated carbocycles. The van der Waals surface area contributed by atoms with E-state index in [-0.39, 0.29) is 12.3 Å². The van der Waals surface area contributed by atoms with E-state index in [1.165, 1.54) is 0 Å². The molecule has 1 N–H and O–H groups in total. The Bertz CT molecular complexity index is 1050. The fourth-order valence-electron chi connectivity index (χ4n) is 3.95. The predicted octanol–water partition coefficient (Wildman–Crippen LogP) is 4.26. The third kappa shape index (κ3) is 2.99. The van der Waals surface area contributed by atoms with Crippen molar-refractivity contribution in [2.75, 3.05) is 6.54 Å². The summed E-state index contributed by atoms with van der Waals surface area (Å²) in [4.78, 5) is 26.4. The van der Waals surface area contributed by atoms with Gasteiger partial charge in [-0.2, -0.15) is 0 Å². The molecule has 1 aromatic heterocycles. The second kappa shape index (κ2) is 6.58. The number of carboxylic acid groups (broad SMARTS) is 1. The van der Waals surface area contributed by atoms with Gasteiger partial charge in [0.25, 0.3) is 5.91 Å². The smallest absolute Gasteiger partial charge is 0.305 e. The Kier molecular flexibility index (Phi) is 4.22. The van der Waals surface area contributed by atoms with Gasteiger partial charge in [0, 0.05) is 17.5 Å². The minimum atomic E-state index is -0.925. The second-order valence-corrected chi connectivity index (χ2v) is 7.12. The van der Waals surface area contributed by atoms with Crippen LogP contribution in [-0.4, -0.2) is 28.4 Å². The summed E-state index contributed by atoms with van der Waals surface area (Å²) in [5, 5.41) is 10.3. The predicted molar refractivity (Wildman–Crippen MR) is 102 cm³/mol. The van der Waals surface area contributed by atoms with Crippen LogP contribution in [0.2, 0.25) is 0 Å². The summed E-state index contributed by atoms with van der Waals surface area (Å²) in [6.45, 7) is 4.32. The van der Waals surface area contributed by atoms with E-state index in [9.17, 15) is 14.7 Å². The van der Waals surface area contributed by atoms with E-state index in [0.29, 0.717) is 24.3 Å². The number of hydrogen-bond donors (Lipinski definition) is 1. The molecule has 138 valence electrons. The van der Waals surface area contributed by atoms with Crippen molar-refractivity contribution < 1.29 is 19.1 Å². The van der Waals surface area contributed by atoms with Crippen LogP contribution in [0.25, 0.3) is 11.0 Å². The number of benzene rings is 2. The van der Waals surface area contributed by atoms with Crippen LogP contribution in [0.15, 0.2) is 46.9 Å². The zero-order chi connectivity index (χ0) is 19.1. The molecule has 1 aliphatic heterocycles. The lowest BCUT2D eigenvalue weighted by atomic mass is 9.90. The minimum absolute atomic E-state index is 0.124. The van der Waals surface area contributed by atoms with Crippen LogP contribution in [0.5, 0.6) is 0 Å². The van der Waals surface area contributed by atoms with Gasteiger partial charge in [-0.3, -0.25) is 9.59 Å². The standard InChI is InChI=1S/C22H21NO4/c1-13-7-8-16-14(2)21(27-19(16)11-13)22(26)23-10-9-15-5-3-4-6-17(15)18(23)12-20(24)25/h3-8,11,18H,9-10,12H2,1-2H3,(H,24,25)/t18-/m0/s1. The van der Waals surface area contributed by atoms with E-state index in [2.05, 4.69) is 0 Å². The normalized spacial score (nSPS) is 16.4. The van der Waals surface area contributed by atoms with Crippen LogP contribution in [0, 0.1) is 13.8 Å². The Hall–Kier alpha value is -3.08. The molecule has 2 aromatic carbocycles. The van der Waals surface area contributed by atoms with Crippen LogP contribution in [0.1, 0.15) is 45.3 Å². The molecular formula is C22H21NO4. The van der Waals surface area contributed by atoms with E-state index in [1.807, 2.05) is 56.3 Å². The molecular weight excluding hydrogens is 342 g/mol. The van der Waals surface area contributed by atoms with Gasteiger partial charge in [0.1, 0.15) is 5.58 Å². The quantitative estimate of drug-likeness (QED) is 0.755. The highest BCUT2D eigenvalue weighted by Crippen LogP contribution is 2.35. The average molecular weight is 363 g/mol. The van der Waals surface area contributed by atoms with Crippen LogP contribution < -0.4 is 0 Å². The van der Waals surface area contributed by atoms with Crippen LogP contribution in [0.3, 0.4) is 0 Å². The summed E-state index contributed by atoms with van der Waals surface area (Å²) in [5.74, 6) is -0.876. The number of nitrogens with zero attached hydrogens (tertiary/aromatic N) is 1. The zero-order valence-electron chi connectivity index (χ0n) is 15.4. The number of carbonyl (C=O) groups is 2. The monoisotopic (exact) mass is 363 g/mol. The summed E-state index contributed by atoms with van der Waals surface area (Å²) >= 11 is 0. The number of carboxylic acids is 1. The number of carbonyl (C=O) groups excluding carboxylic acids is 1. The molecule has 0 saturated heterocycles. The summed E-state index contributed by atoms with van der Waals surface area (Å²) < 4.78 is 5.90. The van der Waals surface area contributed by atoms with Crippen molar-refractivity contribution in [3.63, 3.8) is 0 Å². The molecule has 1 atom stereocenters. The Morgan fingerprint density at radius 1 is 1.19 bits per heavy atom. The first-order chi connectivity index (χ1) is 13.0. The molecule has 2 heterocycles. The van der Waals surface area contributed by atoms with Gasteiger partial charge in [-0.05, 0) is 43.0 Å². The van der Waals surface area contributed by atoms with Gasteiger partial charge in [0.2, 0.25) is 0 Å². The molecule has 27 heavy (non-hydrogen) atoms. The molecule has 0 unspecified atom stereocenters. The van der Waals surface area contributed by atoms with Crippen molar-refractivity contribution >= 4 is 22.8 Å². The fourth-order valence-corrected chi connectivity index (χ4v) is 3.95. The minimum Gasteiger partial charge on any atom is -0.481 e. The highest BCUT2D eigenvalue weighted by Gasteiger charge is 2.35. The molecule has 0 fully saturated rings. The molecule has 1 amide bonds. The SMILES string of the molecule is Cc1ccc2c(C)c(C(=O)N3CCc4ccccc4[C@@H]3CC(=O)O)oc2c1. The van der Waals surface area contributed by atoms with Crippen LogP contribution >= 0.6 is 0 Å². The van der Waals surface area contributed by atoms with Crippen LogP contribution in [-0.2, 0) is 11.2 Å². The molecule has 4 rings (SSSR count). The summed E-state index contributed by atoms with van der Waals surface area (Å²) in [5.41, 5.74) is 4.55. The number of aliphatic carboxylic acids is 1. The number of hydrogen-bond acceptors (Lipinski definition) is 3. The molecule has 0 spiro atoms. The van der Waals surface area contributed by atoms with Crippen molar-refractivity contribution in [2.45, 2.75) is 32.7 Å². The lowest BCUT2D eigenvalue weighted by molar-refractivity contribution is -0.138. The number of amides is 1. The van der Waals surface area contributed by atoms with Gasteiger partial charge in [0.05, 0.1) is 12.5 Å². The maximum absolute atomic E-state index is 13.3. The first kappa shape index (κ1) is 17.3. The van der Waals surface area contributed by atoms with Gasteiger partial charge in [-0.25, -0.2) is 0 Å². The highest BCUT2D eigenvalue weighted by molar-refractivity contribution is 5.99. The summed E-state index contributed by atoms with van der Waals surface area (Å²) in [6, 6.07) is 13.1. The number of furan rings is 1. The zero-order valence-corrected chi connectivity index (χ0v) is 15.4. The lowest BCUT2D eigenvalue weighted by Crippen LogP contribution is -2.41. The third-order valence-electron chi connectivity index (χ3n) is 5.33. The maximum Gasteiger partial charge on any atom is 0.305 e. The fraction of sp³-hybridized carbons (Fsp3) is 0.273. The van der Waals surface area contributed by atoms with Crippen molar-refractivity contribution in [3.05, 3.63) is 70.5 Å². The molecule has 1 aliphatic rings. The Morgan fingerprint density at radius 3 is 2.74 bits per heavy atom. The van der Waals surface area contributed by atoms with Gasteiger partial charge in [0.15, 0.2) is 5.76 Å². The molecule has 5 nitrogen and oxygen atoms in total. The van der Waals surface area contributed by atoms with Crippen molar-refractivity contribution in [2.24, 2.45) is 0 Å². The van der Waals surface area contributed by atoms with Gasteiger partial charge < -0.3 is 14.4 Å². The van der Waals surface area contributed by atoms with E-state index in [0.717, 1.165) is 27.6 Å². The second-order valence-electron chi connectivity index (χ2n) is 7.12. The van der Waals surface area contributed by atoms with E-state index in [1.54, 1.807) is 4.90 Å². The topological polar surface area (TPSA) is 70.8 Å². The van der Waals surface area contributed by atoms with Gasteiger partial charge in [-0.15, -0.1) is 0 Å². The van der Waals surface area contributed by atoms with Gasteiger partial charge in [-0.1, -0.05) is 36.4 Å². The van der Waals surface area contributed by atoms with Crippen molar-refractivity contribution in [3.8, 4) is 0 Å². The Labute approximate surface area is 157 Å². The largest absolute Gasteiger partial charge is 0.481 e. The Morgan fingerprint density at radius 2 is 1.96 bits per heavy atom. The highest BCUT2D eigenvalue weighted by atomic mass is 16.4. The number of fused-ring (bicyclic) bond motifs is 2. The molecule has 3 aromatic rings. The lowest BCUT2D eigenvalue weighted by Gasteiger charge is -2.36. The molecule has 0 bridgehead atoms. The first-order valence-electron chi connectivity index (χ1n) is 9.06. The number of aryl methyl sites for hydroxylation is 2. The first-order valence-corrected chi connectivity index (χ1v) is 9.06. The van der Waals surface area contributed by atoms with E-state index >= 15 is 0 Å². The van der Waals surface area contributed by atoms with Crippen molar-refractivity contribution in [1.82, 2.24) is 4.90 Å². The Balaban J connectivity index is 1.76. The maximum atomic E-state index is 13.3. The van der Waals surface area contributed by atoms with Gasteiger partial charge >= 0.3 is 5.97 Å². The molecule has 0 aliphatic carbocycles. The average Bonchev–Trinajstić information content (AvgIpc) is 2.97. The van der Waals surface area contributed by atoms with Crippen LogP contribution in [0.4, 0.5) is 0 Å². The molecule has 5 heteroatoms. The van der Waals surface area contributed by atoms with Crippen molar-refractivity contribution in [1.29, 1.82) is 0 Å². The van der Waals surface area contributed by atoms with E-state index in [4.69, 9.17) is 4.42 Å². The molecule has 0 radical (unpaired) electrons. The van der Waals surface area contributed by atoms with E-state index < -0.39 is 12.0 Å². The third-order valence-corrected chi connectivity index (χ3v) is 5.33. The summed E-state index contributed by atoms with van der Waals surface area (Å²) in [7, 11) is 0.